The standard InChI is InChI=1S/C13H16FN3O2/c14-11-7-10(1-2-13(11)17(18)19)15-12-4-6-16-5-3-9(12)8-16/h1-2,7,9,12,15H,3-6,8H2. The number of rotatable bonds is 3. The van der Waals surface area contributed by atoms with Crippen molar-refractivity contribution in [3.05, 3.63) is 34.1 Å². The van der Waals surface area contributed by atoms with Crippen LogP contribution in [0.5, 0.6) is 0 Å². The molecule has 0 radical (unpaired) electrons. The molecule has 2 aliphatic heterocycles. The average molecular weight is 265 g/mol. The number of piperidine rings is 1. The molecule has 0 spiro atoms. The van der Waals surface area contributed by atoms with Crippen LogP contribution in [0.15, 0.2) is 18.2 Å². The molecule has 1 N–H and O–H groups in total. The minimum atomic E-state index is -0.779. The molecule has 5 nitrogen and oxygen atoms in total. The summed E-state index contributed by atoms with van der Waals surface area (Å²) in [6.45, 7) is 3.33. The molecule has 1 aromatic rings. The third-order valence-electron chi connectivity index (χ3n) is 4.13. The van der Waals surface area contributed by atoms with Gasteiger partial charge in [-0.2, -0.15) is 4.39 Å². The first kappa shape index (κ1) is 12.3. The first-order valence-electron chi connectivity index (χ1n) is 6.56. The maximum absolute atomic E-state index is 13.6. The van der Waals surface area contributed by atoms with Gasteiger partial charge >= 0.3 is 5.69 Å². The highest BCUT2D eigenvalue weighted by Crippen LogP contribution is 2.30. The van der Waals surface area contributed by atoms with Gasteiger partial charge in [0, 0.05) is 37.0 Å². The summed E-state index contributed by atoms with van der Waals surface area (Å²) in [5, 5.41) is 13.9. The molecular weight excluding hydrogens is 249 g/mol. The summed E-state index contributed by atoms with van der Waals surface area (Å²) in [5.74, 6) is -0.175. The Morgan fingerprint density at radius 1 is 1.37 bits per heavy atom. The van der Waals surface area contributed by atoms with Gasteiger partial charge in [0.15, 0.2) is 0 Å². The molecule has 0 saturated carbocycles. The maximum atomic E-state index is 13.6. The SMILES string of the molecule is O=[N+]([O-])c1ccc(NC2CCN3CCC2C3)cc1F. The van der Waals surface area contributed by atoms with Crippen molar-refractivity contribution in [2.45, 2.75) is 18.9 Å². The van der Waals surface area contributed by atoms with Crippen LogP contribution in [0, 0.1) is 21.8 Å². The third kappa shape index (κ3) is 2.40. The van der Waals surface area contributed by atoms with Crippen LogP contribution in [0.3, 0.4) is 0 Å². The normalized spacial score (nSPS) is 29.2. The Labute approximate surface area is 110 Å². The summed E-state index contributed by atoms with van der Waals surface area (Å²) in [6, 6.07) is 4.38. The van der Waals surface area contributed by atoms with Crippen molar-refractivity contribution in [2.75, 3.05) is 25.0 Å². The Hall–Kier alpha value is -1.69. The molecular formula is C13H16FN3O2. The first-order chi connectivity index (χ1) is 9.13. The maximum Gasteiger partial charge on any atom is 0.304 e. The zero-order valence-corrected chi connectivity index (χ0v) is 10.5. The fraction of sp³-hybridized carbons (Fsp3) is 0.538. The highest BCUT2D eigenvalue weighted by molar-refractivity contribution is 5.50. The fourth-order valence-electron chi connectivity index (χ4n) is 3.10. The Morgan fingerprint density at radius 2 is 2.16 bits per heavy atom. The summed E-state index contributed by atoms with van der Waals surface area (Å²) in [6.07, 6.45) is 2.22. The van der Waals surface area contributed by atoms with Crippen LogP contribution in [0.1, 0.15) is 12.8 Å². The van der Waals surface area contributed by atoms with Crippen molar-refractivity contribution in [1.29, 1.82) is 0 Å². The number of anilines is 1. The predicted molar refractivity (Wildman–Crippen MR) is 69.6 cm³/mol. The number of hydrogen-bond acceptors (Lipinski definition) is 4. The Balaban J connectivity index is 1.73. The van der Waals surface area contributed by atoms with E-state index in [2.05, 4.69) is 10.2 Å². The molecule has 2 aliphatic rings. The highest BCUT2D eigenvalue weighted by atomic mass is 19.1. The number of fused-ring (bicyclic) bond motifs is 2. The number of nitrogens with one attached hydrogen (secondary N) is 1. The topological polar surface area (TPSA) is 58.4 Å². The number of hydrogen-bond donors (Lipinski definition) is 1. The minimum Gasteiger partial charge on any atom is -0.382 e. The minimum absolute atomic E-state index is 0.347. The number of nitro benzene ring substituents is 1. The molecule has 102 valence electrons. The van der Waals surface area contributed by atoms with E-state index in [1.807, 2.05) is 0 Å². The lowest BCUT2D eigenvalue weighted by Crippen LogP contribution is -2.39. The number of nitro groups is 1. The molecule has 2 heterocycles. The van der Waals surface area contributed by atoms with E-state index in [0.717, 1.165) is 26.1 Å². The van der Waals surface area contributed by atoms with Gasteiger partial charge in [0.1, 0.15) is 0 Å². The highest BCUT2D eigenvalue weighted by Gasteiger charge is 2.34. The zero-order chi connectivity index (χ0) is 13.4. The van der Waals surface area contributed by atoms with Crippen molar-refractivity contribution in [2.24, 2.45) is 5.92 Å². The molecule has 0 aromatic heterocycles. The van der Waals surface area contributed by atoms with Gasteiger partial charge in [-0.15, -0.1) is 0 Å². The van der Waals surface area contributed by atoms with Crippen molar-refractivity contribution < 1.29 is 9.31 Å². The second kappa shape index (κ2) is 4.77. The summed E-state index contributed by atoms with van der Waals surface area (Å²) in [7, 11) is 0. The molecule has 2 saturated heterocycles. The number of nitrogens with zero attached hydrogens (tertiary/aromatic N) is 2. The van der Waals surface area contributed by atoms with Crippen LogP contribution in [0.25, 0.3) is 0 Å². The average Bonchev–Trinajstić information content (AvgIpc) is 2.75. The van der Waals surface area contributed by atoms with E-state index >= 15 is 0 Å². The summed E-state index contributed by atoms with van der Waals surface area (Å²) in [5.41, 5.74) is 0.162. The first-order valence-corrected chi connectivity index (χ1v) is 6.56. The van der Waals surface area contributed by atoms with Gasteiger partial charge in [-0.1, -0.05) is 0 Å². The Kier molecular flexibility index (Phi) is 3.10. The van der Waals surface area contributed by atoms with Gasteiger partial charge in [-0.3, -0.25) is 10.1 Å². The molecule has 3 atom stereocenters. The zero-order valence-electron chi connectivity index (χ0n) is 10.5. The molecule has 2 fully saturated rings. The van der Waals surface area contributed by atoms with Gasteiger partial charge < -0.3 is 10.2 Å². The predicted octanol–water partition coefficient (Wildman–Crippen LogP) is 2.24. The van der Waals surface area contributed by atoms with E-state index in [1.165, 1.54) is 18.6 Å². The quantitative estimate of drug-likeness (QED) is 0.672. The molecule has 3 unspecified atom stereocenters. The molecule has 3 rings (SSSR count). The molecule has 0 aliphatic carbocycles. The van der Waals surface area contributed by atoms with Gasteiger partial charge in [0.2, 0.25) is 5.82 Å². The Bertz CT molecular complexity index is 509. The largest absolute Gasteiger partial charge is 0.382 e. The van der Waals surface area contributed by atoms with E-state index in [-0.39, 0.29) is 0 Å². The smallest absolute Gasteiger partial charge is 0.304 e. The molecule has 19 heavy (non-hydrogen) atoms. The van der Waals surface area contributed by atoms with Crippen LogP contribution in [-0.2, 0) is 0 Å². The molecule has 1 aromatic carbocycles. The van der Waals surface area contributed by atoms with E-state index < -0.39 is 16.4 Å². The van der Waals surface area contributed by atoms with Crippen LogP contribution in [0.4, 0.5) is 15.8 Å². The molecule has 0 amide bonds. The third-order valence-corrected chi connectivity index (χ3v) is 4.13. The second-order valence-electron chi connectivity index (χ2n) is 5.31. The lowest BCUT2D eigenvalue weighted by Gasteiger charge is -2.31. The van der Waals surface area contributed by atoms with E-state index in [1.54, 1.807) is 6.07 Å². The van der Waals surface area contributed by atoms with Crippen molar-refractivity contribution >= 4 is 11.4 Å². The van der Waals surface area contributed by atoms with Crippen LogP contribution in [-0.4, -0.2) is 35.5 Å². The van der Waals surface area contributed by atoms with Crippen molar-refractivity contribution in [3.8, 4) is 0 Å². The van der Waals surface area contributed by atoms with Gasteiger partial charge in [-0.25, -0.2) is 0 Å². The molecule has 6 heteroatoms. The van der Waals surface area contributed by atoms with Gasteiger partial charge in [0.05, 0.1) is 4.92 Å². The van der Waals surface area contributed by atoms with E-state index in [4.69, 9.17) is 0 Å². The fourth-order valence-corrected chi connectivity index (χ4v) is 3.10. The molecule has 2 bridgehead atoms. The lowest BCUT2D eigenvalue weighted by molar-refractivity contribution is -0.387. The van der Waals surface area contributed by atoms with E-state index in [9.17, 15) is 14.5 Å². The van der Waals surface area contributed by atoms with Crippen LogP contribution < -0.4 is 5.32 Å². The van der Waals surface area contributed by atoms with Crippen LogP contribution >= 0.6 is 0 Å². The van der Waals surface area contributed by atoms with E-state index in [0.29, 0.717) is 17.6 Å². The second-order valence-corrected chi connectivity index (χ2v) is 5.31. The van der Waals surface area contributed by atoms with Gasteiger partial charge in [0.25, 0.3) is 0 Å². The number of halogens is 1. The number of benzene rings is 1. The summed E-state index contributed by atoms with van der Waals surface area (Å²) >= 11 is 0. The lowest BCUT2D eigenvalue weighted by atomic mass is 9.94. The van der Waals surface area contributed by atoms with Crippen molar-refractivity contribution in [3.63, 3.8) is 0 Å². The van der Waals surface area contributed by atoms with Crippen LogP contribution in [0.2, 0.25) is 0 Å². The monoisotopic (exact) mass is 265 g/mol. The van der Waals surface area contributed by atoms with Gasteiger partial charge in [-0.05, 0) is 31.4 Å². The summed E-state index contributed by atoms with van der Waals surface area (Å²) in [4.78, 5) is 12.3. The summed E-state index contributed by atoms with van der Waals surface area (Å²) < 4.78 is 13.6. The van der Waals surface area contributed by atoms with Crippen molar-refractivity contribution in [1.82, 2.24) is 4.90 Å². The Morgan fingerprint density at radius 3 is 2.89 bits per heavy atom.